The van der Waals surface area contributed by atoms with Crippen molar-refractivity contribution >= 4 is 27.9 Å². The number of benzene rings is 1. The molecular formula is C10H6ClNO2. The predicted molar refractivity (Wildman–Crippen MR) is 53.6 cm³/mol. The molecule has 0 aliphatic heterocycles. The predicted octanol–water partition coefficient (Wildman–Crippen LogP) is 2.97. The summed E-state index contributed by atoms with van der Waals surface area (Å²) >= 11 is 5.08. The third-order valence-electron chi connectivity index (χ3n) is 1.78. The number of carbonyl (C=O) groups excluding carboxylic acids is 1. The summed E-state index contributed by atoms with van der Waals surface area (Å²) in [5.74, 6) is 0.399. The van der Waals surface area contributed by atoms with Crippen LogP contribution in [0.4, 0.5) is 4.79 Å². The first-order valence-electron chi connectivity index (χ1n) is 3.98. The number of nitrogens with zero attached hydrogens (tertiary/aromatic N) is 1. The number of aromatic nitrogens is 1. The maximum atomic E-state index is 10.5. The van der Waals surface area contributed by atoms with Crippen LogP contribution >= 0.6 is 11.6 Å². The molecule has 0 spiro atoms. The number of pyridine rings is 1. The first kappa shape index (κ1) is 8.97. The van der Waals surface area contributed by atoms with Crippen molar-refractivity contribution < 1.29 is 9.53 Å². The molecule has 0 aliphatic carbocycles. The minimum Gasteiger partial charge on any atom is -0.414 e. The Balaban J connectivity index is 2.46. The molecule has 1 aromatic heterocycles. The Kier molecular flexibility index (Phi) is 2.33. The monoisotopic (exact) mass is 207 g/mol. The van der Waals surface area contributed by atoms with Crippen molar-refractivity contribution in [3.8, 4) is 5.75 Å². The molecule has 0 amide bonds. The number of halogens is 1. The maximum absolute atomic E-state index is 10.5. The van der Waals surface area contributed by atoms with Crippen LogP contribution in [-0.2, 0) is 0 Å². The largest absolute Gasteiger partial charge is 0.414 e. The molecule has 0 atom stereocenters. The van der Waals surface area contributed by atoms with Gasteiger partial charge in [-0.25, -0.2) is 4.79 Å². The van der Waals surface area contributed by atoms with Crippen LogP contribution in [0.1, 0.15) is 0 Å². The summed E-state index contributed by atoms with van der Waals surface area (Å²) in [4.78, 5) is 14.6. The summed E-state index contributed by atoms with van der Waals surface area (Å²) < 4.78 is 4.71. The number of hydrogen-bond acceptors (Lipinski definition) is 3. The van der Waals surface area contributed by atoms with Gasteiger partial charge in [-0.05, 0) is 18.2 Å². The van der Waals surface area contributed by atoms with E-state index in [0.717, 1.165) is 10.9 Å². The van der Waals surface area contributed by atoms with Crippen molar-refractivity contribution in [3.05, 3.63) is 36.5 Å². The first-order valence-corrected chi connectivity index (χ1v) is 4.35. The molecule has 1 heterocycles. The number of rotatable bonds is 1. The van der Waals surface area contributed by atoms with Crippen molar-refractivity contribution in [1.29, 1.82) is 0 Å². The zero-order chi connectivity index (χ0) is 9.97. The first-order chi connectivity index (χ1) is 6.75. The highest BCUT2D eigenvalue weighted by atomic mass is 35.5. The van der Waals surface area contributed by atoms with Gasteiger partial charge in [-0.15, -0.1) is 0 Å². The lowest BCUT2D eigenvalue weighted by Gasteiger charge is -2.00. The van der Waals surface area contributed by atoms with E-state index in [1.165, 1.54) is 0 Å². The summed E-state index contributed by atoms with van der Waals surface area (Å²) in [5, 5.41) is 0.988. The molecule has 0 saturated carbocycles. The molecule has 14 heavy (non-hydrogen) atoms. The lowest BCUT2D eigenvalue weighted by Crippen LogP contribution is -1.95. The van der Waals surface area contributed by atoms with Crippen molar-refractivity contribution in [2.75, 3.05) is 0 Å². The highest BCUT2D eigenvalue weighted by Gasteiger charge is 2.01. The lowest BCUT2D eigenvalue weighted by molar-refractivity contribution is 0.225. The molecule has 2 rings (SSSR count). The van der Waals surface area contributed by atoms with Crippen molar-refractivity contribution in [3.63, 3.8) is 0 Å². The Morgan fingerprint density at radius 1 is 1.36 bits per heavy atom. The van der Waals surface area contributed by atoms with Crippen LogP contribution in [-0.4, -0.2) is 10.4 Å². The number of carbonyl (C=O) groups is 1. The van der Waals surface area contributed by atoms with E-state index in [0.29, 0.717) is 5.75 Å². The van der Waals surface area contributed by atoms with Crippen molar-refractivity contribution in [1.82, 2.24) is 4.98 Å². The fourth-order valence-electron chi connectivity index (χ4n) is 1.20. The van der Waals surface area contributed by atoms with Gasteiger partial charge in [0.05, 0.1) is 5.52 Å². The Morgan fingerprint density at radius 3 is 3.00 bits per heavy atom. The SMILES string of the molecule is O=C(Cl)Oc1ccc2cccnc2c1. The average molecular weight is 208 g/mol. The summed E-state index contributed by atoms with van der Waals surface area (Å²) in [6, 6.07) is 8.92. The van der Waals surface area contributed by atoms with Gasteiger partial charge in [0.15, 0.2) is 0 Å². The topological polar surface area (TPSA) is 39.2 Å². The molecule has 70 valence electrons. The Labute approximate surface area is 85.3 Å². The molecule has 0 fully saturated rings. The van der Waals surface area contributed by atoms with Gasteiger partial charge in [0.1, 0.15) is 5.75 Å². The van der Waals surface area contributed by atoms with E-state index in [9.17, 15) is 4.79 Å². The van der Waals surface area contributed by atoms with Crippen LogP contribution in [0.5, 0.6) is 5.75 Å². The van der Waals surface area contributed by atoms with Crippen LogP contribution in [0.3, 0.4) is 0 Å². The van der Waals surface area contributed by atoms with E-state index < -0.39 is 5.43 Å². The van der Waals surface area contributed by atoms with Crippen LogP contribution in [0.15, 0.2) is 36.5 Å². The lowest BCUT2D eigenvalue weighted by atomic mass is 10.2. The standard InChI is InChI=1S/C10H6ClNO2/c11-10(13)14-8-4-3-7-2-1-5-12-9(7)6-8/h1-6H. The smallest absolute Gasteiger partial charge is 0.409 e. The number of ether oxygens (including phenoxy) is 1. The van der Waals surface area contributed by atoms with Gasteiger partial charge in [0, 0.05) is 29.3 Å². The summed E-state index contributed by atoms with van der Waals surface area (Å²) in [5.41, 5.74) is -0.0804. The van der Waals surface area contributed by atoms with Gasteiger partial charge in [-0.2, -0.15) is 0 Å². The van der Waals surface area contributed by atoms with Gasteiger partial charge in [0.25, 0.3) is 0 Å². The van der Waals surface area contributed by atoms with Gasteiger partial charge < -0.3 is 4.74 Å². The third-order valence-corrected chi connectivity index (χ3v) is 1.85. The summed E-state index contributed by atoms with van der Waals surface area (Å²) in [6.07, 6.45) is 1.68. The van der Waals surface area contributed by atoms with Crippen molar-refractivity contribution in [2.24, 2.45) is 0 Å². The van der Waals surface area contributed by atoms with E-state index in [1.54, 1.807) is 18.3 Å². The second-order valence-electron chi connectivity index (χ2n) is 2.70. The quantitative estimate of drug-likeness (QED) is 0.675. The number of fused-ring (bicyclic) bond motifs is 1. The van der Waals surface area contributed by atoms with E-state index in [-0.39, 0.29) is 0 Å². The molecular weight excluding hydrogens is 202 g/mol. The van der Waals surface area contributed by atoms with Gasteiger partial charge in [-0.1, -0.05) is 6.07 Å². The van der Waals surface area contributed by atoms with E-state index >= 15 is 0 Å². The zero-order valence-corrected chi connectivity index (χ0v) is 7.86. The minimum absolute atomic E-state index is 0.399. The maximum Gasteiger partial charge on any atom is 0.409 e. The van der Waals surface area contributed by atoms with Crippen LogP contribution in [0, 0.1) is 0 Å². The Hall–Kier alpha value is -1.61. The molecule has 2 aromatic rings. The fourth-order valence-corrected chi connectivity index (χ4v) is 1.29. The van der Waals surface area contributed by atoms with Crippen LogP contribution < -0.4 is 4.74 Å². The molecule has 0 radical (unpaired) electrons. The normalized spacial score (nSPS) is 10.1. The zero-order valence-electron chi connectivity index (χ0n) is 7.11. The van der Waals surface area contributed by atoms with E-state index in [4.69, 9.17) is 16.3 Å². The molecule has 1 aromatic carbocycles. The van der Waals surface area contributed by atoms with E-state index in [1.807, 2.05) is 18.2 Å². The minimum atomic E-state index is -0.847. The fraction of sp³-hybridized carbons (Fsp3) is 0. The average Bonchev–Trinajstić information content (AvgIpc) is 2.17. The van der Waals surface area contributed by atoms with E-state index in [2.05, 4.69) is 4.98 Å². The van der Waals surface area contributed by atoms with Gasteiger partial charge in [-0.3, -0.25) is 4.98 Å². The second-order valence-corrected chi connectivity index (χ2v) is 3.01. The van der Waals surface area contributed by atoms with Crippen molar-refractivity contribution in [2.45, 2.75) is 0 Å². The molecule has 0 N–H and O–H groups in total. The highest BCUT2D eigenvalue weighted by Crippen LogP contribution is 2.19. The number of hydrogen-bond donors (Lipinski definition) is 0. The van der Waals surface area contributed by atoms with Crippen LogP contribution in [0.2, 0.25) is 0 Å². The Bertz CT molecular complexity index is 484. The molecule has 0 saturated heterocycles. The molecule has 0 unspecified atom stereocenters. The summed E-state index contributed by atoms with van der Waals surface area (Å²) in [6.45, 7) is 0. The molecule has 3 nitrogen and oxygen atoms in total. The van der Waals surface area contributed by atoms with Crippen LogP contribution in [0.25, 0.3) is 10.9 Å². The second kappa shape index (κ2) is 3.64. The third kappa shape index (κ3) is 1.83. The molecule has 0 aliphatic rings. The van der Waals surface area contributed by atoms with Gasteiger partial charge >= 0.3 is 5.43 Å². The highest BCUT2D eigenvalue weighted by molar-refractivity contribution is 6.61. The van der Waals surface area contributed by atoms with Gasteiger partial charge in [0.2, 0.25) is 0 Å². The Morgan fingerprint density at radius 2 is 2.21 bits per heavy atom. The summed E-state index contributed by atoms with van der Waals surface area (Å²) in [7, 11) is 0. The molecule has 4 heteroatoms. The molecule has 0 bridgehead atoms.